The molecule has 2 aromatic heterocycles. The molecule has 2 heterocycles. The fourth-order valence-electron chi connectivity index (χ4n) is 3.13. The van der Waals surface area contributed by atoms with Crippen molar-refractivity contribution in [2.45, 2.75) is 19.9 Å². The van der Waals surface area contributed by atoms with Crippen LogP contribution in [0, 0.1) is 4.77 Å². The van der Waals surface area contributed by atoms with Gasteiger partial charge in [-0.1, -0.05) is 30.3 Å². The minimum Gasteiger partial charge on any atom is -0.369 e. The highest BCUT2D eigenvalue weighted by molar-refractivity contribution is 7.71. The first-order valence-electron chi connectivity index (χ1n) is 8.41. The molecule has 0 atom stereocenters. The predicted octanol–water partition coefficient (Wildman–Crippen LogP) is 4.32. The van der Waals surface area contributed by atoms with Crippen LogP contribution in [-0.4, -0.2) is 26.1 Å². The van der Waals surface area contributed by atoms with Gasteiger partial charge in [0.05, 0.1) is 16.6 Å². The number of fused-ring (bicyclic) bond motifs is 2. The molecule has 5 nitrogen and oxygen atoms in total. The normalized spacial score (nSPS) is 11.2. The van der Waals surface area contributed by atoms with E-state index in [4.69, 9.17) is 12.2 Å². The molecule has 0 saturated carbocycles. The topological polar surface area (TPSA) is 58.5 Å². The van der Waals surface area contributed by atoms with Gasteiger partial charge in [0.2, 0.25) is 0 Å². The van der Waals surface area contributed by atoms with Crippen LogP contribution in [0.2, 0.25) is 0 Å². The first kappa shape index (κ1) is 15.8. The van der Waals surface area contributed by atoms with Crippen molar-refractivity contribution in [2.75, 3.05) is 11.9 Å². The van der Waals surface area contributed by atoms with E-state index >= 15 is 0 Å². The zero-order chi connectivity index (χ0) is 17.2. The average molecular weight is 349 g/mol. The number of anilines is 1. The summed E-state index contributed by atoms with van der Waals surface area (Å²) in [5.74, 6) is 0.853. The van der Waals surface area contributed by atoms with Gasteiger partial charge in [-0.3, -0.25) is 0 Å². The summed E-state index contributed by atoms with van der Waals surface area (Å²) >= 11 is 5.40. The van der Waals surface area contributed by atoms with Crippen LogP contribution >= 0.6 is 12.2 Å². The molecule has 25 heavy (non-hydrogen) atoms. The fraction of sp³-hybridized carbons (Fsp3) is 0.211. The minimum absolute atomic E-state index is 0.736. The van der Waals surface area contributed by atoms with Crippen LogP contribution in [0.4, 0.5) is 5.82 Å². The average Bonchev–Trinajstić information content (AvgIpc) is 2.95. The van der Waals surface area contributed by atoms with Crippen molar-refractivity contribution in [1.29, 1.82) is 0 Å². The Kier molecular flexibility index (Phi) is 4.19. The first-order chi connectivity index (χ1) is 12.3. The van der Waals surface area contributed by atoms with Crippen LogP contribution in [0.3, 0.4) is 0 Å². The summed E-state index contributed by atoms with van der Waals surface area (Å²) in [5.41, 5.74) is 4.31. The Morgan fingerprint density at radius 3 is 2.80 bits per heavy atom. The summed E-state index contributed by atoms with van der Waals surface area (Å²) in [6.07, 6.45) is 2.56. The summed E-state index contributed by atoms with van der Waals surface area (Å²) in [7, 11) is 0. The van der Waals surface area contributed by atoms with Gasteiger partial charge in [0.15, 0.2) is 4.77 Å². The molecule has 0 spiro atoms. The van der Waals surface area contributed by atoms with E-state index in [-0.39, 0.29) is 0 Å². The Bertz CT molecular complexity index is 1080. The third-order valence-electron chi connectivity index (χ3n) is 4.40. The van der Waals surface area contributed by atoms with Gasteiger partial charge >= 0.3 is 0 Å². The van der Waals surface area contributed by atoms with Gasteiger partial charge in [0, 0.05) is 18.5 Å². The van der Waals surface area contributed by atoms with E-state index in [2.05, 4.69) is 68.2 Å². The van der Waals surface area contributed by atoms with E-state index in [0.29, 0.717) is 0 Å². The second kappa shape index (κ2) is 6.64. The number of rotatable bonds is 5. The van der Waals surface area contributed by atoms with Crippen molar-refractivity contribution in [2.24, 2.45) is 0 Å². The van der Waals surface area contributed by atoms with E-state index in [1.54, 1.807) is 6.33 Å². The molecule has 0 aliphatic rings. The molecule has 0 fully saturated rings. The smallest absolute Gasteiger partial charge is 0.178 e. The van der Waals surface area contributed by atoms with Crippen molar-refractivity contribution in [3.8, 4) is 0 Å². The fourth-order valence-corrected chi connectivity index (χ4v) is 3.47. The maximum Gasteiger partial charge on any atom is 0.178 e. The maximum absolute atomic E-state index is 5.40. The zero-order valence-electron chi connectivity index (χ0n) is 14.0. The molecule has 6 heteroatoms. The Morgan fingerprint density at radius 1 is 1.16 bits per heavy atom. The van der Waals surface area contributed by atoms with Crippen molar-refractivity contribution in [3.63, 3.8) is 0 Å². The van der Waals surface area contributed by atoms with Crippen LogP contribution in [0.5, 0.6) is 0 Å². The Morgan fingerprint density at radius 2 is 2.00 bits per heavy atom. The highest BCUT2D eigenvalue weighted by Crippen LogP contribution is 2.25. The van der Waals surface area contributed by atoms with E-state index in [1.165, 1.54) is 5.56 Å². The molecule has 0 unspecified atom stereocenters. The zero-order valence-corrected chi connectivity index (χ0v) is 14.8. The van der Waals surface area contributed by atoms with Gasteiger partial charge < -0.3 is 14.9 Å². The first-order valence-corrected chi connectivity index (χ1v) is 8.82. The lowest BCUT2D eigenvalue weighted by atomic mass is 10.1. The Balaban J connectivity index is 1.67. The maximum atomic E-state index is 5.40. The molecule has 0 bridgehead atoms. The van der Waals surface area contributed by atoms with Gasteiger partial charge in [-0.25, -0.2) is 9.97 Å². The number of imidazole rings is 1. The molecule has 0 radical (unpaired) electrons. The lowest BCUT2D eigenvalue weighted by Crippen LogP contribution is -2.07. The van der Waals surface area contributed by atoms with Gasteiger partial charge in [-0.2, -0.15) is 0 Å². The largest absolute Gasteiger partial charge is 0.369 e. The summed E-state index contributed by atoms with van der Waals surface area (Å²) in [6, 6.07) is 14.6. The SMILES string of the molecule is CCn1c(=S)[nH]c2cc3c(NCCc4ccccc4)ncnc3cc21. The molecule has 126 valence electrons. The van der Waals surface area contributed by atoms with Crippen molar-refractivity contribution in [1.82, 2.24) is 19.5 Å². The van der Waals surface area contributed by atoms with E-state index < -0.39 is 0 Å². The quantitative estimate of drug-likeness (QED) is 0.527. The van der Waals surface area contributed by atoms with Crippen LogP contribution in [-0.2, 0) is 13.0 Å². The standard InChI is InChI=1S/C19H19N5S/c1-2-24-17-11-15-14(10-16(17)23-19(24)25)18(22-12-21-15)20-9-8-13-6-4-3-5-7-13/h3-7,10-12H,2,8-9H2,1H3,(H,23,25)(H,20,21,22). The van der Waals surface area contributed by atoms with Gasteiger partial charge in [-0.15, -0.1) is 0 Å². The molecular formula is C19H19N5S. The van der Waals surface area contributed by atoms with Crippen LogP contribution in [0.1, 0.15) is 12.5 Å². The second-order valence-electron chi connectivity index (χ2n) is 5.95. The molecule has 0 saturated heterocycles. The van der Waals surface area contributed by atoms with Crippen LogP contribution < -0.4 is 5.32 Å². The lowest BCUT2D eigenvalue weighted by Gasteiger charge is -2.09. The molecule has 2 N–H and O–H groups in total. The predicted molar refractivity (Wildman–Crippen MR) is 105 cm³/mol. The van der Waals surface area contributed by atoms with Crippen molar-refractivity contribution >= 4 is 40.0 Å². The molecule has 2 aromatic carbocycles. The summed E-state index contributed by atoms with van der Waals surface area (Å²) in [6.45, 7) is 3.74. The third kappa shape index (κ3) is 3.00. The van der Waals surface area contributed by atoms with E-state index in [1.807, 2.05) is 6.07 Å². The summed E-state index contributed by atoms with van der Waals surface area (Å²) in [5, 5.41) is 4.44. The number of hydrogen-bond donors (Lipinski definition) is 2. The highest BCUT2D eigenvalue weighted by Gasteiger charge is 2.09. The minimum atomic E-state index is 0.736. The summed E-state index contributed by atoms with van der Waals surface area (Å²) in [4.78, 5) is 12.1. The molecule has 4 aromatic rings. The molecule has 0 aliphatic carbocycles. The number of H-pyrrole nitrogens is 1. The Hall–Kier alpha value is -2.73. The lowest BCUT2D eigenvalue weighted by molar-refractivity contribution is 0.774. The summed E-state index contributed by atoms with van der Waals surface area (Å²) < 4.78 is 2.81. The molecule has 0 aliphatic heterocycles. The van der Waals surface area contributed by atoms with Crippen molar-refractivity contribution < 1.29 is 0 Å². The monoisotopic (exact) mass is 349 g/mol. The highest BCUT2D eigenvalue weighted by atomic mass is 32.1. The number of nitrogens with one attached hydrogen (secondary N) is 2. The second-order valence-corrected chi connectivity index (χ2v) is 6.33. The van der Waals surface area contributed by atoms with Gasteiger partial charge in [0.1, 0.15) is 12.1 Å². The third-order valence-corrected chi connectivity index (χ3v) is 4.72. The number of hydrogen-bond acceptors (Lipinski definition) is 4. The number of aryl methyl sites for hydroxylation is 1. The van der Waals surface area contributed by atoms with E-state index in [0.717, 1.165) is 52.0 Å². The van der Waals surface area contributed by atoms with Crippen LogP contribution in [0.15, 0.2) is 48.8 Å². The number of nitrogens with zero attached hydrogens (tertiary/aromatic N) is 3. The molecule has 0 amide bonds. The van der Waals surface area contributed by atoms with E-state index in [9.17, 15) is 0 Å². The van der Waals surface area contributed by atoms with Crippen LogP contribution in [0.25, 0.3) is 21.9 Å². The van der Waals surface area contributed by atoms with Crippen molar-refractivity contribution in [3.05, 3.63) is 59.1 Å². The number of benzene rings is 2. The number of aromatic nitrogens is 4. The molecule has 4 rings (SSSR count). The Labute approximate surface area is 150 Å². The number of aromatic amines is 1. The van der Waals surface area contributed by atoms with Gasteiger partial charge in [0.25, 0.3) is 0 Å². The molecular weight excluding hydrogens is 330 g/mol. The van der Waals surface area contributed by atoms with Gasteiger partial charge in [-0.05, 0) is 43.3 Å².